The summed E-state index contributed by atoms with van der Waals surface area (Å²) < 4.78 is -0.910. The molecule has 1 saturated carbocycles. The van der Waals surface area contributed by atoms with Crippen molar-refractivity contribution in [3.05, 3.63) is 35.4 Å². The van der Waals surface area contributed by atoms with Crippen LogP contribution in [-0.2, 0) is 17.9 Å². The van der Waals surface area contributed by atoms with E-state index in [-0.39, 0.29) is 5.91 Å². The predicted molar refractivity (Wildman–Crippen MR) is 82.8 cm³/mol. The first-order valence-electron chi connectivity index (χ1n) is 6.63. The van der Waals surface area contributed by atoms with Crippen molar-refractivity contribution < 1.29 is 4.79 Å². The Morgan fingerprint density at radius 3 is 2.20 bits per heavy atom. The first kappa shape index (κ1) is 15.6. The Hall–Kier alpha value is -0.770. The Bertz CT molecular complexity index is 499. The summed E-state index contributed by atoms with van der Waals surface area (Å²) in [6, 6.07) is 8.22. The fraction of sp³-hybridized carbons (Fsp3) is 0.533. The molecular formula is C15H20Cl2N2O. The predicted octanol–water partition coefficient (Wildman–Crippen LogP) is 2.95. The monoisotopic (exact) mass is 314 g/mol. The number of hydrogen-bond acceptors (Lipinski definition) is 2. The molecular weight excluding hydrogens is 295 g/mol. The van der Waals surface area contributed by atoms with Crippen molar-refractivity contribution >= 4 is 29.1 Å². The fourth-order valence-corrected chi connectivity index (χ4v) is 2.86. The molecule has 3 nitrogen and oxygen atoms in total. The van der Waals surface area contributed by atoms with Crippen molar-refractivity contribution in [2.24, 2.45) is 5.41 Å². The Balaban J connectivity index is 1.87. The van der Waals surface area contributed by atoms with E-state index in [2.05, 4.69) is 22.3 Å². The number of hydrogen-bond donors (Lipinski definition) is 1. The minimum Gasteiger partial charge on any atom is -0.351 e. The highest BCUT2D eigenvalue weighted by Gasteiger charge is 2.67. The van der Waals surface area contributed by atoms with Crippen LogP contribution in [-0.4, -0.2) is 29.2 Å². The number of rotatable bonds is 5. The number of alkyl halides is 2. The van der Waals surface area contributed by atoms with Crippen LogP contribution >= 0.6 is 23.2 Å². The molecule has 2 rings (SSSR count). The van der Waals surface area contributed by atoms with Crippen LogP contribution in [0.3, 0.4) is 0 Å². The molecule has 1 aromatic carbocycles. The molecule has 1 amide bonds. The zero-order chi connectivity index (χ0) is 15.0. The molecule has 0 bridgehead atoms. The van der Waals surface area contributed by atoms with E-state index in [1.54, 1.807) is 6.92 Å². The number of nitrogens with zero attached hydrogens (tertiary/aromatic N) is 1. The number of benzene rings is 1. The molecule has 0 radical (unpaired) electrons. The van der Waals surface area contributed by atoms with Gasteiger partial charge in [0.15, 0.2) is 0 Å². The van der Waals surface area contributed by atoms with E-state index >= 15 is 0 Å². The molecule has 1 unspecified atom stereocenters. The van der Waals surface area contributed by atoms with Gasteiger partial charge in [0.25, 0.3) is 0 Å². The largest absolute Gasteiger partial charge is 0.351 e. The molecule has 0 aliphatic heterocycles. The zero-order valence-electron chi connectivity index (χ0n) is 12.0. The lowest BCUT2D eigenvalue weighted by Gasteiger charge is -2.13. The summed E-state index contributed by atoms with van der Waals surface area (Å²) in [5, 5.41) is 2.90. The standard InChI is InChI=1S/C15H20Cl2N2O/c1-14(10-15(14,16)17)13(20)18-8-11-4-6-12(7-5-11)9-19(2)3/h4-7H,8-10H2,1-3H3,(H,18,20). The molecule has 1 aliphatic carbocycles. The molecule has 1 aliphatic rings. The van der Waals surface area contributed by atoms with Gasteiger partial charge in [0.2, 0.25) is 5.91 Å². The van der Waals surface area contributed by atoms with Gasteiger partial charge in [0.05, 0.1) is 5.41 Å². The number of nitrogens with one attached hydrogen (secondary N) is 1. The zero-order valence-corrected chi connectivity index (χ0v) is 13.6. The van der Waals surface area contributed by atoms with E-state index in [4.69, 9.17) is 23.2 Å². The third-order valence-corrected chi connectivity index (χ3v) is 4.84. The summed E-state index contributed by atoms with van der Waals surface area (Å²) in [5.41, 5.74) is 1.67. The van der Waals surface area contributed by atoms with Crippen LogP contribution in [0, 0.1) is 5.41 Å². The Labute approximate surface area is 130 Å². The lowest BCUT2D eigenvalue weighted by molar-refractivity contribution is -0.125. The van der Waals surface area contributed by atoms with Crippen molar-refractivity contribution in [1.82, 2.24) is 10.2 Å². The van der Waals surface area contributed by atoms with Crippen LogP contribution in [0.5, 0.6) is 0 Å². The quantitative estimate of drug-likeness (QED) is 0.847. The van der Waals surface area contributed by atoms with Gasteiger partial charge in [-0.05, 0) is 38.6 Å². The maximum Gasteiger partial charge on any atom is 0.229 e. The summed E-state index contributed by atoms with van der Waals surface area (Å²) >= 11 is 12.0. The molecule has 0 aromatic heterocycles. The molecule has 1 atom stereocenters. The molecule has 0 saturated heterocycles. The van der Waals surface area contributed by atoms with Gasteiger partial charge in [0, 0.05) is 13.1 Å². The van der Waals surface area contributed by atoms with Crippen LogP contribution in [0.25, 0.3) is 0 Å². The third-order valence-electron chi connectivity index (χ3n) is 3.73. The van der Waals surface area contributed by atoms with Crippen molar-refractivity contribution in [2.45, 2.75) is 30.8 Å². The number of amides is 1. The summed E-state index contributed by atoms with van der Waals surface area (Å²) in [6.45, 7) is 3.20. The maximum atomic E-state index is 12.0. The van der Waals surface area contributed by atoms with Crippen LogP contribution in [0.15, 0.2) is 24.3 Å². The highest BCUT2D eigenvalue weighted by molar-refractivity contribution is 6.53. The minimum atomic E-state index is -0.910. The molecule has 1 aromatic rings. The normalized spacial score (nSPS) is 23.7. The molecule has 0 heterocycles. The van der Waals surface area contributed by atoms with E-state index in [0.717, 1.165) is 12.1 Å². The second-order valence-corrected chi connectivity index (χ2v) is 7.43. The molecule has 1 N–H and O–H groups in total. The van der Waals surface area contributed by atoms with E-state index in [9.17, 15) is 4.79 Å². The smallest absolute Gasteiger partial charge is 0.229 e. The van der Waals surface area contributed by atoms with E-state index in [1.165, 1.54) is 5.56 Å². The summed E-state index contributed by atoms with van der Waals surface area (Å²) in [7, 11) is 4.07. The summed E-state index contributed by atoms with van der Waals surface area (Å²) in [5.74, 6) is -0.0835. The van der Waals surface area contributed by atoms with Crippen molar-refractivity contribution in [3.63, 3.8) is 0 Å². The van der Waals surface area contributed by atoms with Crippen molar-refractivity contribution in [2.75, 3.05) is 14.1 Å². The van der Waals surface area contributed by atoms with Crippen molar-refractivity contribution in [3.8, 4) is 0 Å². The van der Waals surface area contributed by atoms with Gasteiger partial charge in [-0.3, -0.25) is 4.79 Å². The van der Waals surface area contributed by atoms with Crippen LogP contribution in [0.2, 0.25) is 0 Å². The van der Waals surface area contributed by atoms with Gasteiger partial charge in [0.1, 0.15) is 4.33 Å². The van der Waals surface area contributed by atoms with Gasteiger partial charge in [-0.25, -0.2) is 0 Å². The first-order valence-corrected chi connectivity index (χ1v) is 7.39. The second kappa shape index (κ2) is 5.55. The maximum absolute atomic E-state index is 12.0. The summed E-state index contributed by atoms with van der Waals surface area (Å²) in [6.07, 6.45) is 0.511. The Kier molecular flexibility index (Phi) is 4.33. The highest BCUT2D eigenvalue weighted by Crippen LogP contribution is 2.63. The second-order valence-electron chi connectivity index (χ2n) is 5.95. The molecule has 0 spiro atoms. The average molecular weight is 315 g/mol. The molecule has 20 heavy (non-hydrogen) atoms. The third kappa shape index (κ3) is 3.27. The van der Waals surface area contributed by atoms with Gasteiger partial charge in [-0.2, -0.15) is 0 Å². The highest BCUT2D eigenvalue weighted by atomic mass is 35.5. The number of carbonyl (C=O) groups is 1. The lowest BCUT2D eigenvalue weighted by Crippen LogP contribution is -2.32. The molecule has 5 heteroatoms. The molecule has 1 fully saturated rings. The minimum absolute atomic E-state index is 0.0835. The molecule has 110 valence electrons. The first-order chi connectivity index (χ1) is 9.24. The van der Waals surface area contributed by atoms with Crippen LogP contribution in [0.4, 0.5) is 0 Å². The summed E-state index contributed by atoms with van der Waals surface area (Å²) in [4.78, 5) is 14.2. The van der Waals surface area contributed by atoms with Gasteiger partial charge >= 0.3 is 0 Å². The van der Waals surface area contributed by atoms with E-state index in [0.29, 0.717) is 13.0 Å². The van der Waals surface area contributed by atoms with Gasteiger partial charge < -0.3 is 10.2 Å². The number of halogens is 2. The van der Waals surface area contributed by atoms with Crippen LogP contribution in [0.1, 0.15) is 24.5 Å². The van der Waals surface area contributed by atoms with Crippen LogP contribution < -0.4 is 5.32 Å². The van der Waals surface area contributed by atoms with Gasteiger partial charge in [-0.15, -0.1) is 23.2 Å². The van der Waals surface area contributed by atoms with Crippen molar-refractivity contribution in [1.29, 1.82) is 0 Å². The fourth-order valence-electron chi connectivity index (χ4n) is 2.15. The van der Waals surface area contributed by atoms with E-state index < -0.39 is 9.75 Å². The lowest BCUT2D eigenvalue weighted by atomic mass is 10.1. The SMILES string of the molecule is CN(C)Cc1ccc(CNC(=O)C2(C)CC2(Cl)Cl)cc1. The van der Waals surface area contributed by atoms with E-state index in [1.807, 2.05) is 26.2 Å². The average Bonchev–Trinajstić information content (AvgIpc) is 2.88. The Morgan fingerprint density at radius 2 is 1.75 bits per heavy atom. The van der Waals surface area contributed by atoms with Gasteiger partial charge in [-0.1, -0.05) is 24.3 Å². The number of carbonyl (C=O) groups excluding carboxylic acids is 1. The Morgan fingerprint density at radius 1 is 1.25 bits per heavy atom. The topological polar surface area (TPSA) is 32.3 Å².